The first-order chi connectivity index (χ1) is 15.9. The number of nitrogens with one attached hydrogen (secondary N) is 2. The van der Waals surface area contributed by atoms with Gasteiger partial charge >= 0.3 is 5.97 Å². The lowest BCUT2D eigenvalue weighted by Gasteiger charge is -2.22. The highest BCUT2D eigenvalue weighted by atomic mass is 16.6. The first-order valence-electron chi connectivity index (χ1n) is 11.4. The number of carbonyl (C=O) groups is 3. The number of esters is 1. The van der Waals surface area contributed by atoms with Gasteiger partial charge in [-0.3, -0.25) is 9.59 Å². The van der Waals surface area contributed by atoms with Crippen molar-refractivity contribution in [3.63, 3.8) is 0 Å². The topological polar surface area (TPSA) is 101 Å². The molecular formula is C25H31N3O5. The van der Waals surface area contributed by atoms with Gasteiger partial charge in [0.25, 0.3) is 11.8 Å². The zero-order chi connectivity index (χ0) is 23.5. The second-order valence-electron chi connectivity index (χ2n) is 8.86. The molecule has 2 saturated carbocycles. The highest BCUT2D eigenvalue weighted by Gasteiger charge is 2.35. The van der Waals surface area contributed by atoms with Gasteiger partial charge in [0.05, 0.1) is 12.2 Å². The minimum absolute atomic E-state index is 0.0541. The number of amides is 2. The number of carbonyl (C=O) groups excluding carboxylic acids is 3. The molecule has 2 fully saturated rings. The van der Waals surface area contributed by atoms with E-state index in [1.54, 1.807) is 33.1 Å². The van der Waals surface area contributed by atoms with Crippen molar-refractivity contribution in [1.29, 1.82) is 0 Å². The SMILES string of the molecule is COCCOC(=O)c1c(C)[nH]c(C(=O)N(Cc2ccc(C(=O)NC3CC3)cc2)C2CC2)c1C. The lowest BCUT2D eigenvalue weighted by molar-refractivity contribution is 0.0386. The number of nitrogens with zero attached hydrogens (tertiary/aromatic N) is 1. The maximum absolute atomic E-state index is 13.5. The summed E-state index contributed by atoms with van der Waals surface area (Å²) in [5.41, 5.74) is 3.60. The Morgan fingerprint density at radius 3 is 2.36 bits per heavy atom. The Labute approximate surface area is 193 Å². The van der Waals surface area contributed by atoms with Gasteiger partial charge in [0, 0.05) is 37.0 Å². The lowest BCUT2D eigenvalue weighted by Crippen LogP contribution is -2.33. The number of aromatic nitrogens is 1. The minimum Gasteiger partial charge on any atom is -0.460 e. The number of methoxy groups -OCH3 is 1. The van der Waals surface area contributed by atoms with E-state index >= 15 is 0 Å². The Hall–Kier alpha value is -3.13. The van der Waals surface area contributed by atoms with Crippen LogP contribution in [0.25, 0.3) is 0 Å². The summed E-state index contributed by atoms with van der Waals surface area (Å²) in [5, 5.41) is 2.98. The summed E-state index contributed by atoms with van der Waals surface area (Å²) in [7, 11) is 1.54. The number of hydrogen-bond acceptors (Lipinski definition) is 5. The molecule has 176 valence electrons. The summed E-state index contributed by atoms with van der Waals surface area (Å²) in [6, 6.07) is 7.90. The van der Waals surface area contributed by atoms with Crippen LogP contribution < -0.4 is 5.32 Å². The number of benzene rings is 1. The van der Waals surface area contributed by atoms with Gasteiger partial charge in [-0.25, -0.2) is 4.79 Å². The fourth-order valence-corrected chi connectivity index (χ4v) is 3.91. The first kappa shape index (κ1) is 23.0. The maximum atomic E-state index is 13.5. The predicted molar refractivity (Wildman–Crippen MR) is 122 cm³/mol. The van der Waals surface area contributed by atoms with Crippen LogP contribution in [0.2, 0.25) is 0 Å². The van der Waals surface area contributed by atoms with Gasteiger partial charge in [-0.15, -0.1) is 0 Å². The van der Waals surface area contributed by atoms with Crippen LogP contribution >= 0.6 is 0 Å². The predicted octanol–water partition coefficient (Wildman–Crippen LogP) is 3.13. The maximum Gasteiger partial charge on any atom is 0.340 e. The fourth-order valence-electron chi connectivity index (χ4n) is 3.91. The molecule has 2 aliphatic rings. The van der Waals surface area contributed by atoms with Crippen LogP contribution in [0.5, 0.6) is 0 Å². The molecule has 2 amide bonds. The van der Waals surface area contributed by atoms with Crippen molar-refractivity contribution in [2.75, 3.05) is 20.3 Å². The Bertz CT molecular complexity index is 1040. The lowest BCUT2D eigenvalue weighted by atomic mass is 10.1. The second kappa shape index (κ2) is 9.79. The normalized spacial score (nSPS) is 15.2. The smallest absolute Gasteiger partial charge is 0.340 e. The van der Waals surface area contributed by atoms with E-state index in [4.69, 9.17) is 9.47 Å². The van der Waals surface area contributed by atoms with Crippen LogP contribution in [-0.2, 0) is 16.0 Å². The Kier molecular flexibility index (Phi) is 6.83. The Balaban J connectivity index is 1.47. The van der Waals surface area contributed by atoms with Crippen LogP contribution in [-0.4, -0.2) is 60.1 Å². The van der Waals surface area contributed by atoms with Gasteiger partial charge < -0.3 is 24.7 Å². The van der Waals surface area contributed by atoms with Crippen LogP contribution in [0.4, 0.5) is 0 Å². The molecular weight excluding hydrogens is 422 g/mol. The van der Waals surface area contributed by atoms with E-state index in [0.29, 0.717) is 47.3 Å². The zero-order valence-corrected chi connectivity index (χ0v) is 19.4. The molecule has 8 nitrogen and oxygen atoms in total. The Morgan fingerprint density at radius 2 is 1.76 bits per heavy atom. The average Bonchev–Trinajstić information content (AvgIpc) is 3.72. The van der Waals surface area contributed by atoms with Gasteiger partial charge in [0.1, 0.15) is 12.3 Å². The largest absolute Gasteiger partial charge is 0.460 e. The van der Waals surface area contributed by atoms with Crippen LogP contribution in [0.1, 0.15) is 73.7 Å². The molecule has 33 heavy (non-hydrogen) atoms. The molecule has 1 aromatic heterocycles. The highest BCUT2D eigenvalue weighted by Crippen LogP contribution is 2.31. The van der Waals surface area contributed by atoms with Gasteiger partial charge in [0.15, 0.2) is 0 Å². The summed E-state index contributed by atoms with van der Waals surface area (Å²) in [4.78, 5) is 43.1. The number of hydrogen-bond donors (Lipinski definition) is 2. The molecule has 4 rings (SSSR count). The molecule has 0 saturated heterocycles. The molecule has 0 aliphatic heterocycles. The van der Waals surface area contributed by atoms with E-state index in [0.717, 1.165) is 31.2 Å². The summed E-state index contributed by atoms with van der Waals surface area (Å²) >= 11 is 0. The van der Waals surface area contributed by atoms with Crippen molar-refractivity contribution in [1.82, 2.24) is 15.2 Å². The molecule has 8 heteroatoms. The van der Waals surface area contributed by atoms with E-state index < -0.39 is 5.97 Å². The van der Waals surface area contributed by atoms with Crippen molar-refractivity contribution in [3.05, 3.63) is 57.9 Å². The quantitative estimate of drug-likeness (QED) is 0.425. The van der Waals surface area contributed by atoms with Gasteiger partial charge in [-0.05, 0) is 62.8 Å². The molecule has 1 heterocycles. The van der Waals surface area contributed by atoms with Crippen molar-refractivity contribution in [2.45, 2.75) is 58.2 Å². The van der Waals surface area contributed by atoms with E-state index in [1.165, 1.54) is 0 Å². The zero-order valence-electron chi connectivity index (χ0n) is 19.4. The van der Waals surface area contributed by atoms with E-state index in [-0.39, 0.29) is 24.5 Å². The third kappa shape index (κ3) is 5.45. The summed E-state index contributed by atoms with van der Waals surface area (Å²) in [5.74, 6) is -0.651. The van der Waals surface area contributed by atoms with Crippen LogP contribution in [0.3, 0.4) is 0 Å². The highest BCUT2D eigenvalue weighted by molar-refractivity contribution is 6.00. The standard InChI is InChI=1S/C25H31N3O5/c1-15-21(25(31)33-13-12-32-3)16(2)26-22(15)24(30)28(20-10-11-20)14-17-4-6-18(7-5-17)23(29)27-19-8-9-19/h4-7,19-20,26H,8-14H2,1-3H3,(H,27,29). The molecule has 2 aliphatic carbocycles. The summed E-state index contributed by atoms with van der Waals surface area (Å²) < 4.78 is 10.2. The number of aromatic amines is 1. The molecule has 2 N–H and O–H groups in total. The molecule has 0 unspecified atom stereocenters. The number of aryl methyl sites for hydroxylation is 1. The molecule has 1 aromatic carbocycles. The molecule has 2 aromatic rings. The number of H-pyrrole nitrogens is 1. The second-order valence-corrected chi connectivity index (χ2v) is 8.86. The van der Waals surface area contributed by atoms with E-state index in [2.05, 4.69) is 10.3 Å². The van der Waals surface area contributed by atoms with Crippen LogP contribution in [0, 0.1) is 13.8 Å². The van der Waals surface area contributed by atoms with Gasteiger partial charge in [0.2, 0.25) is 0 Å². The Morgan fingerprint density at radius 1 is 1.06 bits per heavy atom. The third-order valence-electron chi connectivity index (χ3n) is 6.11. The summed E-state index contributed by atoms with van der Waals surface area (Å²) in [6.45, 7) is 4.45. The molecule has 0 radical (unpaired) electrons. The average molecular weight is 454 g/mol. The van der Waals surface area contributed by atoms with Crippen molar-refractivity contribution >= 4 is 17.8 Å². The van der Waals surface area contributed by atoms with Gasteiger partial charge in [-0.2, -0.15) is 0 Å². The number of ether oxygens (including phenoxy) is 2. The minimum atomic E-state index is -0.463. The van der Waals surface area contributed by atoms with Gasteiger partial charge in [-0.1, -0.05) is 12.1 Å². The first-order valence-corrected chi connectivity index (χ1v) is 11.4. The number of rotatable bonds is 10. The van der Waals surface area contributed by atoms with Crippen molar-refractivity contribution in [2.24, 2.45) is 0 Å². The van der Waals surface area contributed by atoms with E-state index in [1.807, 2.05) is 17.0 Å². The third-order valence-corrected chi connectivity index (χ3v) is 6.11. The van der Waals surface area contributed by atoms with Crippen LogP contribution in [0.15, 0.2) is 24.3 Å². The molecule has 0 atom stereocenters. The monoisotopic (exact) mass is 453 g/mol. The van der Waals surface area contributed by atoms with Crippen molar-refractivity contribution in [3.8, 4) is 0 Å². The van der Waals surface area contributed by atoms with E-state index in [9.17, 15) is 14.4 Å². The molecule has 0 bridgehead atoms. The molecule has 0 spiro atoms. The summed E-state index contributed by atoms with van der Waals surface area (Å²) in [6.07, 6.45) is 4.01. The fraction of sp³-hybridized carbons (Fsp3) is 0.480. The van der Waals surface area contributed by atoms with Crippen molar-refractivity contribution < 1.29 is 23.9 Å².